The number of hydrogen-bond donors (Lipinski definition) is 0. The van der Waals surface area contributed by atoms with Gasteiger partial charge >= 0.3 is 0 Å². The highest BCUT2D eigenvalue weighted by molar-refractivity contribution is 9.10. The van der Waals surface area contributed by atoms with E-state index >= 15 is 0 Å². The van der Waals surface area contributed by atoms with E-state index in [9.17, 15) is 14.9 Å². The number of halogens is 1. The van der Waals surface area contributed by atoms with Crippen molar-refractivity contribution in [3.05, 3.63) is 68.7 Å². The lowest BCUT2D eigenvalue weighted by molar-refractivity contribution is -0.384. The zero-order chi connectivity index (χ0) is 18.7. The first-order valence-corrected chi connectivity index (χ1v) is 9.29. The van der Waals surface area contributed by atoms with Crippen LogP contribution in [0.15, 0.2) is 58.2 Å². The molecule has 1 aromatic heterocycles. The molecule has 3 rings (SSSR count). The van der Waals surface area contributed by atoms with E-state index in [4.69, 9.17) is 0 Å². The maximum atomic E-state index is 12.3. The number of thioether (sulfide) groups is 1. The lowest BCUT2D eigenvalue weighted by Gasteiger charge is -2.04. The van der Waals surface area contributed by atoms with Crippen LogP contribution in [-0.2, 0) is 7.05 Å². The Hall–Kier alpha value is -2.52. The molecule has 0 saturated carbocycles. The molecule has 0 bridgehead atoms. The van der Waals surface area contributed by atoms with Crippen LogP contribution in [0.4, 0.5) is 5.69 Å². The first-order chi connectivity index (χ1) is 12.5. The zero-order valence-electron chi connectivity index (χ0n) is 13.6. The SMILES string of the molecule is Cn1c(SCC(=O)c2ccc([N+](=O)[O-])cc2)nnc1-c1ccc(Br)cc1. The summed E-state index contributed by atoms with van der Waals surface area (Å²) in [5, 5.41) is 19.6. The molecule has 0 atom stereocenters. The standard InChI is InChI=1S/C17H13BrN4O3S/c1-21-16(12-2-6-13(18)7-3-12)19-20-17(21)26-10-15(23)11-4-8-14(9-5-11)22(24)25/h2-9H,10H2,1H3. The lowest BCUT2D eigenvalue weighted by atomic mass is 10.1. The van der Waals surface area contributed by atoms with E-state index in [2.05, 4.69) is 26.1 Å². The van der Waals surface area contributed by atoms with Crippen LogP contribution in [0.2, 0.25) is 0 Å². The maximum Gasteiger partial charge on any atom is 0.269 e. The van der Waals surface area contributed by atoms with Gasteiger partial charge in [-0.05, 0) is 24.3 Å². The normalized spacial score (nSPS) is 10.7. The Morgan fingerprint density at radius 3 is 2.42 bits per heavy atom. The van der Waals surface area contributed by atoms with E-state index in [1.54, 1.807) is 0 Å². The minimum atomic E-state index is -0.494. The Kier molecular flexibility index (Phi) is 5.48. The fourth-order valence-corrected chi connectivity index (χ4v) is 3.34. The minimum Gasteiger partial charge on any atom is -0.305 e. The summed E-state index contributed by atoms with van der Waals surface area (Å²) in [4.78, 5) is 22.4. The van der Waals surface area contributed by atoms with Gasteiger partial charge in [-0.15, -0.1) is 10.2 Å². The number of carbonyl (C=O) groups excluding carboxylic acids is 1. The summed E-state index contributed by atoms with van der Waals surface area (Å²) in [7, 11) is 1.84. The number of nitrogens with zero attached hydrogens (tertiary/aromatic N) is 4. The minimum absolute atomic E-state index is 0.0401. The van der Waals surface area contributed by atoms with Gasteiger partial charge in [0.25, 0.3) is 5.69 Å². The molecular weight excluding hydrogens is 420 g/mol. The van der Waals surface area contributed by atoms with E-state index in [0.717, 1.165) is 10.0 Å². The van der Waals surface area contributed by atoms with Gasteiger partial charge in [0.1, 0.15) is 0 Å². The number of nitro benzene ring substituents is 1. The molecule has 3 aromatic rings. The summed E-state index contributed by atoms with van der Waals surface area (Å²) in [5.74, 6) is 0.755. The summed E-state index contributed by atoms with van der Waals surface area (Å²) in [5.41, 5.74) is 1.32. The highest BCUT2D eigenvalue weighted by Crippen LogP contribution is 2.24. The highest BCUT2D eigenvalue weighted by atomic mass is 79.9. The second kappa shape index (κ2) is 7.79. The number of carbonyl (C=O) groups is 1. The van der Waals surface area contributed by atoms with Crippen LogP contribution in [0, 0.1) is 10.1 Å². The number of non-ortho nitro benzene ring substituents is 1. The molecule has 9 heteroatoms. The van der Waals surface area contributed by atoms with E-state index < -0.39 is 4.92 Å². The van der Waals surface area contributed by atoms with Crippen LogP contribution in [0.3, 0.4) is 0 Å². The molecule has 0 aliphatic heterocycles. The van der Waals surface area contributed by atoms with Crippen molar-refractivity contribution < 1.29 is 9.72 Å². The molecule has 2 aromatic carbocycles. The molecule has 132 valence electrons. The Morgan fingerprint density at radius 1 is 1.15 bits per heavy atom. The first kappa shape index (κ1) is 18.3. The fourth-order valence-electron chi connectivity index (χ4n) is 2.27. The van der Waals surface area contributed by atoms with Crippen LogP contribution < -0.4 is 0 Å². The van der Waals surface area contributed by atoms with Crippen LogP contribution in [0.1, 0.15) is 10.4 Å². The van der Waals surface area contributed by atoms with Gasteiger partial charge in [0, 0.05) is 34.8 Å². The van der Waals surface area contributed by atoms with Crippen molar-refractivity contribution in [1.29, 1.82) is 0 Å². The van der Waals surface area contributed by atoms with Crippen LogP contribution in [-0.4, -0.2) is 31.2 Å². The average Bonchev–Trinajstić information content (AvgIpc) is 3.01. The van der Waals surface area contributed by atoms with Gasteiger partial charge < -0.3 is 4.57 Å². The molecule has 7 nitrogen and oxygen atoms in total. The highest BCUT2D eigenvalue weighted by Gasteiger charge is 2.14. The third-order valence-electron chi connectivity index (χ3n) is 3.67. The maximum absolute atomic E-state index is 12.3. The van der Waals surface area contributed by atoms with E-state index in [1.807, 2.05) is 35.9 Å². The number of benzene rings is 2. The Morgan fingerprint density at radius 2 is 1.81 bits per heavy atom. The number of Topliss-reactive ketones (excluding diaryl/α,β-unsaturated/α-hetero) is 1. The molecule has 0 N–H and O–H groups in total. The van der Waals surface area contributed by atoms with Crippen molar-refractivity contribution in [2.24, 2.45) is 7.05 Å². The monoisotopic (exact) mass is 432 g/mol. The lowest BCUT2D eigenvalue weighted by Crippen LogP contribution is -2.04. The number of hydrogen-bond acceptors (Lipinski definition) is 6. The Bertz CT molecular complexity index is 955. The molecule has 0 spiro atoms. The molecule has 0 aliphatic carbocycles. The van der Waals surface area contributed by atoms with Crippen LogP contribution >= 0.6 is 27.7 Å². The van der Waals surface area contributed by atoms with Gasteiger partial charge in [0.2, 0.25) is 0 Å². The fraction of sp³-hybridized carbons (Fsp3) is 0.118. The topological polar surface area (TPSA) is 90.9 Å². The number of aromatic nitrogens is 3. The third-order valence-corrected chi connectivity index (χ3v) is 5.22. The zero-order valence-corrected chi connectivity index (χ0v) is 16.0. The quantitative estimate of drug-likeness (QED) is 0.251. The largest absolute Gasteiger partial charge is 0.305 e. The predicted molar refractivity (Wildman–Crippen MR) is 102 cm³/mol. The second-order valence-corrected chi connectivity index (χ2v) is 7.25. The van der Waals surface area contributed by atoms with Crippen molar-refractivity contribution in [2.45, 2.75) is 5.16 Å². The van der Waals surface area contributed by atoms with Gasteiger partial charge in [0.15, 0.2) is 16.8 Å². The van der Waals surface area contributed by atoms with E-state index in [0.29, 0.717) is 16.5 Å². The van der Waals surface area contributed by atoms with Crippen molar-refractivity contribution in [1.82, 2.24) is 14.8 Å². The van der Waals surface area contributed by atoms with E-state index in [-0.39, 0.29) is 17.2 Å². The molecule has 0 saturated heterocycles. The predicted octanol–water partition coefficient (Wildman–Crippen LogP) is 4.13. The van der Waals surface area contributed by atoms with Crippen molar-refractivity contribution in [2.75, 3.05) is 5.75 Å². The molecule has 0 unspecified atom stereocenters. The molecule has 0 radical (unpaired) electrons. The first-order valence-electron chi connectivity index (χ1n) is 7.51. The summed E-state index contributed by atoms with van der Waals surface area (Å²) < 4.78 is 2.81. The number of nitro groups is 1. The summed E-state index contributed by atoms with van der Waals surface area (Å²) in [6.07, 6.45) is 0. The molecule has 26 heavy (non-hydrogen) atoms. The van der Waals surface area contributed by atoms with Crippen LogP contribution in [0.5, 0.6) is 0 Å². The summed E-state index contributed by atoms with van der Waals surface area (Å²) in [6, 6.07) is 13.3. The molecular formula is C17H13BrN4O3S. The van der Waals surface area contributed by atoms with Crippen molar-refractivity contribution >= 4 is 39.2 Å². The van der Waals surface area contributed by atoms with Gasteiger partial charge in [-0.25, -0.2) is 0 Å². The third kappa shape index (κ3) is 4.00. The van der Waals surface area contributed by atoms with Gasteiger partial charge in [-0.2, -0.15) is 0 Å². The number of rotatable bonds is 6. The smallest absolute Gasteiger partial charge is 0.269 e. The average molecular weight is 433 g/mol. The second-order valence-electron chi connectivity index (χ2n) is 5.39. The van der Waals surface area contributed by atoms with Crippen LogP contribution in [0.25, 0.3) is 11.4 Å². The van der Waals surface area contributed by atoms with Gasteiger partial charge in [0.05, 0.1) is 10.7 Å². The Balaban J connectivity index is 1.69. The molecule has 1 heterocycles. The summed E-state index contributed by atoms with van der Waals surface area (Å²) >= 11 is 4.67. The molecule has 0 fully saturated rings. The summed E-state index contributed by atoms with van der Waals surface area (Å²) in [6.45, 7) is 0. The van der Waals surface area contributed by atoms with E-state index in [1.165, 1.54) is 36.0 Å². The Labute approximate surface area is 161 Å². The van der Waals surface area contributed by atoms with Gasteiger partial charge in [-0.1, -0.05) is 39.8 Å². The molecule has 0 amide bonds. The number of ketones is 1. The van der Waals surface area contributed by atoms with Crippen molar-refractivity contribution in [3.8, 4) is 11.4 Å². The molecule has 0 aliphatic rings. The van der Waals surface area contributed by atoms with Gasteiger partial charge in [-0.3, -0.25) is 14.9 Å². The van der Waals surface area contributed by atoms with Crippen molar-refractivity contribution in [3.63, 3.8) is 0 Å².